The van der Waals surface area contributed by atoms with Gasteiger partial charge in [0.15, 0.2) is 0 Å². The zero-order valence-corrected chi connectivity index (χ0v) is 16.5. The third-order valence-electron chi connectivity index (χ3n) is 5.18. The lowest BCUT2D eigenvalue weighted by Crippen LogP contribution is -2.32. The minimum atomic E-state index is -0.732. The van der Waals surface area contributed by atoms with Crippen LogP contribution in [0.5, 0.6) is 5.75 Å². The number of hydrogen-bond donors (Lipinski definition) is 0. The average molecular weight is 406 g/mol. The number of nitro benzene ring substituents is 1. The lowest BCUT2D eigenvalue weighted by molar-refractivity contribution is -0.385. The van der Waals surface area contributed by atoms with Gasteiger partial charge in [0.1, 0.15) is 0 Å². The number of carbonyl (C=O) groups excluding carboxylic acids is 2. The first-order valence-corrected chi connectivity index (χ1v) is 9.16. The molecule has 1 aliphatic rings. The Morgan fingerprint density at radius 3 is 2.20 bits per heavy atom. The van der Waals surface area contributed by atoms with Crippen LogP contribution < -0.4 is 4.74 Å². The molecule has 2 amide bonds. The standard InChI is InChI=1S/C21H18N4O5/c1-12(24-20(26)14-6-4-5-7-15(14)21(24)27)13-10-16(17-8-9-23(2)22-17)19(30-3)18(11-13)25(28)29/h4-12H,1-3H3. The minimum Gasteiger partial charge on any atom is -0.490 e. The van der Waals surface area contributed by atoms with E-state index in [0.717, 1.165) is 4.90 Å². The summed E-state index contributed by atoms with van der Waals surface area (Å²) in [5, 5.41) is 16.0. The number of aryl methyl sites for hydroxylation is 1. The van der Waals surface area contributed by atoms with Crippen molar-refractivity contribution in [1.82, 2.24) is 14.7 Å². The summed E-state index contributed by atoms with van der Waals surface area (Å²) in [6, 6.07) is 10.5. The second kappa shape index (κ2) is 7.11. The fraction of sp³-hybridized carbons (Fsp3) is 0.190. The highest BCUT2D eigenvalue weighted by atomic mass is 16.6. The number of nitro groups is 1. The summed E-state index contributed by atoms with van der Waals surface area (Å²) in [4.78, 5) is 38.0. The van der Waals surface area contributed by atoms with E-state index in [9.17, 15) is 19.7 Å². The summed E-state index contributed by atoms with van der Waals surface area (Å²) in [5.74, 6) is -0.793. The fourth-order valence-electron chi connectivity index (χ4n) is 3.68. The number of carbonyl (C=O) groups is 2. The lowest BCUT2D eigenvalue weighted by Gasteiger charge is -2.23. The number of methoxy groups -OCH3 is 1. The molecule has 0 fully saturated rings. The predicted molar refractivity (Wildman–Crippen MR) is 107 cm³/mol. The van der Waals surface area contributed by atoms with E-state index >= 15 is 0 Å². The van der Waals surface area contributed by atoms with Crippen molar-refractivity contribution in [3.05, 3.63) is 75.5 Å². The van der Waals surface area contributed by atoms with E-state index in [1.807, 2.05) is 0 Å². The van der Waals surface area contributed by atoms with Crippen molar-refractivity contribution in [1.29, 1.82) is 0 Å². The zero-order valence-electron chi connectivity index (χ0n) is 16.5. The van der Waals surface area contributed by atoms with Crippen molar-refractivity contribution < 1.29 is 19.2 Å². The number of aromatic nitrogens is 2. The molecule has 0 aliphatic carbocycles. The molecule has 0 radical (unpaired) electrons. The van der Waals surface area contributed by atoms with Gasteiger partial charge in [-0.15, -0.1) is 0 Å². The number of hydrogen-bond acceptors (Lipinski definition) is 6. The molecule has 2 heterocycles. The first-order chi connectivity index (χ1) is 14.3. The lowest BCUT2D eigenvalue weighted by atomic mass is 10.00. The van der Waals surface area contributed by atoms with Crippen LogP contribution in [0, 0.1) is 10.1 Å². The smallest absolute Gasteiger partial charge is 0.311 e. The molecule has 30 heavy (non-hydrogen) atoms. The Hall–Kier alpha value is -4.01. The SMILES string of the molecule is COc1c(-c2ccn(C)n2)cc(C(C)N2C(=O)c3ccccc3C2=O)cc1[N+](=O)[O-]. The van der Waals surface area contributed by atoms with Crippen LogP contribution in [0.4, 0.5) is 5.69 Å². The van der Waals surface area contributed by atoms with E-state index < -0.39 is 22.8 Å². The summed E-state index contributed by atoms with van der Waals surface area (Å²) < 4.78 is 6.89. The molecule has 0 saturated carbocycles. The third kappa shape index (κ3) is 2.91. The Morgan fingerprint density at radius 1 is 1.07 bits per heavy atom. The van der Waals surface area contributed by atoms with Crippen molar-refractivity contribution in [2.75, 3.05) is 7.11 Å². The molecule has 1 aromatic heterocycles. The quantitative estimate of drug-likeness (QED) is 0.365. The highest BCUT2D eigenvalue weighted by Crippen LogP contribution is 2.41. The third-order valence-corrected chi connectivity index (χ3v) is 5.18. The van der Waals surface area contributed by atoms with Crippen LogP contribution in [0.1, 0.15) is 39.2 Å². The minimum absolute atomic E-state index is 0.0667. The molecule has 9 nitrogen and oxygen atoms in total. The maximum Gasteiger partial charge on any atom is 0.311 e. The van der Waals surface area contributed by atoms with Crippen LogP contribution in [0.15, 0.2) is 48.7 Å². The number of benzene rings is 2. The van der Waals surface area contributed by atoms with Crippen molar-refractivity contribution in [2.24, 2.45) is 7.05 Å². The maximum atomic E-state index is 12.9. The van der Waals surface area contributed by atoms with Gasteiger partial charge in [0.2, 0.25) is 5.75 Å². The Kier molecular flexibility index (Phi) is 4.57. The Morgan fingerprint density at radius 2 is 1.70 bits per heavy atom. The number of amides is 2. The first-order valence-electron chi connectivity index (χ1n) is 9.16. The summed E-state index contributed by atoms with van der Waals surface area (Å²) in [6.45, 7) is 1.66. The van der Waals surface area contributed by atoms with E-state index in [0.29, 0.717) is 27.9 Å². The number of rotatable bonds is 5. The molecule has 1 unspecified atom stereocenters. The molecule has 152 valence electrons. The molecule has 1 aliphatic heterocycles. The van der Waals surface area contributed by atoms with Crippen molar-refractivity contribution in [2.45, 2.75) is 13.0 Å². The van der Waals surface area contributed by atoms with Gasteiger partial charge >= 0.3 is 5.69 Å². The van der Waals surface area contributed by atoms with Gasteiger partial charge in [-0.05, 0) is 36.8 Å². The van der Waals surface area contributed by atoms with Crippen molar-refractivity contribution in [3.8, 4) is 17.0 Å². The highest BCUT2D eigenvalue weighted by molar-refractivity contribution is 6.21. The summed E-state index contributed by atoms with van der Waals surface area (Å²) in [6.07, 6.45) is 1.71. The second-order valence-electron chi connectivity index (χ2n) is 6.95. The number of imide groups is 1. The van der Waals surface area contributed by atoms with Gasteiger partial charge in [0, 0.05) is 19.3 Å². The highest BCUT2D eigenvalue weighted by Gasteiger charge is 2.39. The van der Waals surface area contributed by atoms with E-state index in [-0.39, 0.29) is 11.4 Å². The van der Waals surface area contributed by atoms with Gasteiger partial charge in [0.05, 0.1) is 40.5 Å². The predicted octanol–water partition coefficient (Wildman–Crippen LogP) is 3.36. The Bertz CT molecular complexity index is 1160. The number of fused-ring (bicyclic) bond motifs is 1. The zero-order chi connectivity index (χ0) is 21.6. The van der Waals surface area contributed by atoms with Gasteiger partial charge in [-0.1, -0.05) is 12.1 Å². The first kappa shape index (κ1) is 19.3. The molecule has 9 heteroatoms. The molecule has 1 atom stereocenters. The van der Waals surface area contributed by atoms with E-state index in [1.165, 1.54) is 13.2 Å². The second-order valence-corrected chi connectivity index (χ2v) is 6.95. The molecule has 2 aromatic carbocycles. The van der Waals surface area contributed by atoms with E-state index in [2.05, 4.69) is 5.10 Å². The van der Waals surface area contributed by atoms with Crippen molar-refractivity contribution in [3.63, 3.8) is 0 Å². The largest absolute Gasteiger partial charge is 0.490 e. The molecular weight excluding hydrogens is 388 g/mol. The van der Waals surface area contributed by atoms with Gasteiger partial charge in [-0.3, -0.25) is 29.3 Å². The summed E-state index contributed by atoms with van der Waals surface area (Å²) in [7, 11) is 3.08. The van der Waals surface area contributed by atoms with Crippen LogP contribution in [-0.2, 0) is 7.05 Å². The number of ether oxygens (including phenoxy) is 1. The number of nitrogens with zero attached hydrogens (tertiary/aromatic N) is 4. The maximum absolute atomic E-state index is 12.9. The van der Waals surface area contributed by atoms with E-state index in [1.54, 1.807) is 61.2 Å². The van der Waals surface area contributed by atoms with Gasteiger partial charge in [-0.2, -0.15) is 5.10 Å². The Balaban J connectivity index is 1.85. The Labute approximate surface area is 171 Å². The monoisotopic (exact) mass is 406 g/mol. The molecule has 3 aromatic rings. The van der Waals surface area contributed by atoms with Gasteiger partial charge in [-0.25, -0.2) is 0 Å². The molecule has 0 bridgehead atoms. The average Bonchev–Trinajstić information content (AvgIpc) is 3.28. The van der Waals surface area contributed by atoms with Crippen LogP contribution in [0.25, 0.3) is 11.3 Å². The van der Waals surface area contributed by atoms with E-state index in [4.69, 9.17) is 4.74 Å². The normalized spacial score (nSPS) is 14.0. The summed E-state index contributed by atoms with van der Waals surface area (Å²) >= 11 is 0. The molecule has 0 N–H and O–H groups in total. The van der Waals surface area contributed by atoms with Crippen LogP contribution in [0.3, 0.4) is 0 Å². The molecule has 4 rings (SSSR count). The van der Waals surface area contributed by atoms with Gasteiger partial charge in [0.25, 0.3) is 11.8 Å². The molecule has 0 spiro atoms. The molecular formula is C21H18N4O5. The summed E-state index contributed by atoms with van der Waals surface area (Å²) in [5.41, 5.74) is 1.70. The van der Waals surface area contributed by atoms with Crippen LogP contribution in [-0.4, -0.2) is 38.5 Å². The van der Waals surface area contributed by atoms with Gasteiger partial charge < -0.3 is 4.74 Å². The topological polar surface area (TPSA) is 108 Å². The fourth-order valence-corrected chi connectivity index (χ4v) is 3.68. The van der Waals surface area contributed by atoms with Crippen LogP contribution in [0.2, 0.25) is 0 Å². The molecule has 0 saturated heterocycles. The van der Waals surface area contributed by atoms with Crippen LogP contribution >= 0.6 is 0 Å². The van der Waals surface area contributed by atoms with Crippen molar-refractivity contribution >= 4 is 17.5 Å².